The van der Waals surface area contributed by atoms with Gasteiger partial charge in [-0.3, -0.25) is 9.48 Å². The molecule has 0 radical (unpaired) electrons. The maximum atomic E-state index is 12.0. The van der Waals surface area contributed by atoms with Crippen molar-refractivity contribution in [3.8, 4) is 5.88 Å². The second kappa shape index (κ2) is 6.95. The molecule has 0 aromatic carbocycles. The standard InChI is InChI=1S/C15H18ClN5O2/c1-21-9-13(19-20-21)15(22)18-11-3-5-12(6-4-11)23-14-7-2-10(16)8-17-14/h2,7-9,11-12H,3-6H2,1H3,(H,18,22). The molecule has 0 atom stereocenters. The van der Waals surface area contributed by atoms with Crippen molar-refractivity contribution in [3.05, 3.63) is 35.2 Å². The van der Waals surface area contributed by atoms with Crippen LogP contribution >= 0.6 is 11.6 Å². The van der Waals surface area contributed by atoms with Gasteiger partial charge in [-0.2, -0.15) is 0 Å². The van der Waals surface area contributed by atoms with Gasteiger partial charge >= 0.3 is 0 Å². The summed E-state index contributed by atoms with van der Waals surface area (Å²) in [6.45, 7) is 0. The molecule has 7 nitrogen and oxygen atoms in total. The Hall–Kier alpha value is -2.15. The number of ether oxygens (including phenoxy) is 1. The van der Waals surface area contributed by atoms with E-state index in [1.807, 2.05) is 0 Å². The van der Waals surface area contributed by atoms with Gasteiger partial charge < -0.3 is 10.1 Å². The minimum absolute atomic E-state index is 0.119. The summed E-state index contributed by atoms with van der Waals surface area (Å²) < 4.78 is 7.36. The summed E-state index contributed by atoms with van der Waals surface area (Å²) in [6.07, 6.45) is 6.77. The molecule has 0 bridgehead atoms. The van der Waals surface area contributed by atoms with Crippen LogP contribution in [-0.2, 0) is 7.05 Å². The Morgan fingerprint density at radius 3 is 2.74 bits per heavy atom. The summed E-state index contributed by atoms with van der Waals surface area (Å²) in [5, 5.41) is 11.2. The molecular formula is C15H18ClN5O2. The van der Waals surface area contributed by atoms with Crippen LogP contribution in [0, 0.1) is 0 Å². The van der Waals surface area contributed by atoms with Crippen molar-refractivity contribution in [1.29, 1.82) is 0 Å². The minimum atomic E-state index is -0.179. The third kappa shape index (κ3) is 4.19. The van der Waals surface area contributed by atoms with E-state index in [2.05, 4.69) is 20.6 Å². The van der Waals surface area contributed by atoms with Crippen LogP contribution in [0.2, 0.25) is 5.02 Å². The van der Waals surface area contributed by atoms with Crippen LogP contribution in [0.15, 0.2) is 24.5 Å². The lowest BCUT2D eigenvalue weighted by atomic mass is 9.93. The third-order valence-electron chi connectivity index (χ3n) is 3.83. The summed E-state index contributed by atoms with van der Waals surface area (Å²) in [5.74, 6) is 0.406. The fourth-order valence-corrected chi connectivity index (χ4v) is 2.75. The van der Waals surface area contributed by atoms with Crippen LogP contribution in [0.5, 0.6) is 5.88 Å². The van der Waals surface area contributed by atoms with E-state index in [0.717, 1.165) is 25.7 Å². The number of carbonyl (C=O) groups excluding carboxylic acids is 1. The molecule has 0 aliphatic heterocycles. The van der Waals surface area contributed by atoms with Gasteiger partial charge in [0.2, 0.25) is 5.88 Å². The molecule has 0 saturated heterocycles. The Bertz CT molecular complexity index is 665. The smallest absolute Gasteiger partial charge is 0.273 e. The number of hydrogen-bond acceptors (Lipinski definition) is 5. The summed E-state index contributed by atoms with van der Waals surface area (Å²) in [7, 11) is 1.73. The highest BCUT2D eigenvalue weighted by atomic mass is 35.5. The Kier molecular flexibility index (Phi) is 4.76. The molecule has 1 fully saturated rings. The summed E-state index contributed by atoms with van der Waals surface area (Å²) in [5.41, 5.74) is 0.344. The molecule has 1 amide bonds. The van der Waals surface area contributed by atoms with Gasteiger partial charge in [0.05, 0.1) is 11.2 Å². The first-order valence-electron chi connectivity index (χ1n) is 7.55. The van der Waals surface area contributed by atoms with Crippen molar-refractivity contribution >= 4 is 17.5 Å². The number of rotatable bonds is 4. The molecule has 2 heterocycles. The number of halogens is 1. The first-order valence-corrected chi connectivity index (χ1v) is 7.93. The van der Waals surface area contributed by atoms with Crippen molar-refractivity contribution in [1.82, 2.24) is 25.3 Å². The number of pyridine rings is 1. The molecule has 0 spiro atoms. The van der Waals surface area contributed by atoms with Crippen LogP contribution in [0.25, 0.3) is 0 Å². The molecule has 0 unspecified atom stereocenters. The average molecular weight is 336 g/mol. The van der Waals surface area contributed by atoms with Crippen LogP contribution in [0.4, 0.5) is 0 Å². The first-order chi connectivity index (χ1) is 11.1. The molecule has 23 heavy (non-hydrogen) atoms. The minimum Gasteiger partial charge on any atom is -0.474 e. The second-order valence-corrected chi connectivity index (χ2v) is 6.09. The number of hydrogen-bond donors (Lipinski definition) is 1. The zero-order valence-electron chi connectivity index (χ0n) is 12.8. The lowest BCUT2D eigenvalue weighted by molar-refractivity contribution is 0.0885. The number of carbonyl (C=O) groups is 1. The van der Waals surface area contributed by atoms with E-state index in [1.165, 1.54) is 4.68 Å². The van der Waals surface area contributed by atoms with Gasteiger partial charge in [-0.05, 0) is 31.7 Å². The normalized spacial score (nSPS) is 21.0. The SMILES string of the molecule is Cn1cc(C(=O)NC2CCC(Oc3ccc(Cl)cn3)CC2)nn1. The number of nitrogens with one attached hydrogen (secondary N) is 1. The van der Waals surface area contributed by atoms with Gasteiger partial charge in [-0.15, -0.1) is 5.10 Å². The van der Waals surface area contributed by atoms with Crippen molar-refractivity contribution in [2.75, 3.05) is 0 Å². The lowest BCUT2D eigenvalue weighted by Gasteiger charge is -2.29. The zero-order chi connectivity index (χ0) is 16.2. The largest absolute Gasteiger partial charge is 0.474 e. The van der Waals surface area contributed by atoms with Gasteiger partial charge in [-0.25, -0.2) is 4.98 Å². The highest BCUT2D eigenvalue weighted by Crippen LogP contribution is 2.23. The van der Waals surface area contributed by atoms with Crippen molar-refractivity contribution in [3.63, 3.8) is 0 Å². The zero-order valence-corrected chi connectivity index (χ0v) is 13.5. The highest BCUT2D eigenvalue weighted by molar-refractivity contribution is 6.30. The van der Waals surface area contributed by atoms with E-state index in [-0.39, 0.29) is 18.1 Å². The Morgan fingerprint density at radius 1 is 1.35 bits per heavy atom. The van der Waals surface area contributed by atoms with Crippen molar-refractivity contribution < 1.29 is 9.53 Å². The molecule has 8 heteroatoms. The highest BCUT2D eigenvalue weighted by Gasteiger charge is 2.24. The molecular weight excluding hydrogens is 318 g/mol. The van der Waals surface area contributed by atoms with Crippen LogP contribution < -0.4 is 10.1 Å². The van der Waals surface area contributed by atoms with Gasteiger partial charge in [0.25, 0.3) is 5.91 Å². The predicted molar refractivity (Wildman–Crippen MR) is 84.4 cm³/mol. The van der Waals surface area contributed by atoms with Crippen LogP contribution in [-0.4, -0.2) is 38.0 Å². The molecule has 2 aromatic rings. The maximum Gasteiger partial charge on any atom is 0.273 e. The van der Waals surface area contributed by atoms with Crippen molar-refractivity contribution in [2.24, 2.45) is 7.05 Å². The molecule has 1 N–H and O–H groups in total. The first kappa shape index (κ1) is 15.7. The van der Waals surface area contributed by atoms with Gasteiger partial charge in [0, 0.05) is 25.4 Å². The van der Waals surface area contributed by atoms with Gasteiger partial charge in [-0.1, -0.05) is 16.8 Å². The lowest BCUT2D eigenvalue weighted by Crippen LogP contribution is -2.39. The molecule has 1 aliphatic rings. The summed E-state index contributed by atoms with van der Waals surface area (Å²) >= 11 is 5.80. The summed E-state index contributed by atoms with van der Waals surface area (Å²) in [4.78, 5) is 16.2. The summed E-state index contributed by atoms with van der Waals surface area (Å²) in [6, 6.07) is 3.67. The maximum absolute atomic E-state index is 12.0. The van der Waals surface area contributed by atoms with Crippen LogP contribution in [0.1, 0.15) is 36.2 Å². The molecule has 1 saturated carbocycles. The molecule has 1 aliphatic carbocycles. The second-order valence-electron chi connectivity index (χ2n) is 5.66. The fourth-order valence-electron chi connectivity index (χ4n) is 2.64. The van der Waals surface area contributed by atoms with Crippen molar-refractivity contribution in [2.45, 2.75) is 37.8 Å². The predicted octanol–water partition coefficient (Wildman–Crippen LogP) is 1.98. The van der Waals surface area contributed by atoms with Gasteiger partial charge in [0.1, 0.15) is 6.10 Å². The molecule has 122 valence electrons. The average Bonchev–Trinajstić information content (AvgIpc) is 2.98. The Labute approximate surface area is 139 Å². The Morgan fingerprint density at radius 2 is 2.13 bits per heavy atom. The van der Waals surface area contributed by atoms with Gasteiger partial charge in [0.15, 0.2) is 5.69 Å². The number of aryl methyl sites for hydroxylation is 1. The quantitative estimate of drug-likeness (QED) is 0.924. The topological polar surface area (TPSA) is 81.9 Å². The third-order valence-corrected chi connectivity index (χ3v) is 4.06. The monoisotopic (exact) mass is 335 g/mol. The number of amides is 1. The molecule has 3 rings (SSSR count). The number of nitrogens with zero attached hydrogens (tertiary/aromatic N) is 4. The number of aromatic nitrogens is 4. The van der Waals surface area contributed by atoms with E-state index >= 15 is 0 Å². The van der Waals surface area contributed by atoms with E-state index in [1.54, 1.807) is 31.6 Å². The van der Waals surface area contributed by atoms with E-state index in [9.17, 15) is 4.79 Å². The fraction of sp³-hybridized carbons (Fsp3) is 0.467. The Balaban J connectivity index is 1.46. The molecule has 2 aromatic heterocycles. The van der Waals surface area contributed by atoms with E-state index in [0.29, 0.717) is 16.6 Å². The van der Waals surface area contributed by atoms with Crippen LogP contribution in [0.3, 0.4) is 0 Å². The van der Waals surface area contributed by atoms with E-state index < -0.39 is 0 Å². The van der Waals surface area contributed by atoms with E-state index in [4.69, 9.17) is 16.3 Å².